The van der Waals surface area contributed by atoms with Crippen molar-refractivity contribution in [2.75, 3.05) is 26.2 Å². The molecule has 8 heteroatoms. The number of carbonyl (C=O) groups is 2. The summed E-state index contributed by atoms with van der Waals surface area (Å²) in [6.07, 6.45) is 3.94. The van der Waals surface area contributed by atoms with Crippen molar-refractivity contribution in [3.05, 3.63) is 16.3 Å². The maximum Gasteiger partial charge on any atom is 0.346 e. The highest BCUT2D eigenvalue weighted by atomic mass is 16.2. The van der Waals surface area contributed by atoms with E-state index in [0.717, 1.165) is 31.5 Å². The molecule has 3 rings (SSSR count). The quantitative estimate of drug-likeness (QED) is 0.733. The molecule has 2 aliphatic rings. The van der Waals surface area contributed by atoms with Gasteiger partial charge in [-0.25, -0.2) is 9.48 Å². The maximum absolute atomic E-state index is 12.4. The minimum atomic E-state index is -0.183. The summed E-state index contributed by atoms with van der Waals surface area (Å²) in [5.41, 5.74) is -0.183. The van der Waals surface area contributed by atoms with E-state index in [1.165, 1.54) is 11.6 Å². The second-order valence-electron chi connectivity index (χ2n) is 6.21. The lowest BCUT2D eigenvalue weighted by molar-refractivity contribution is -0.139. The molecule has 0 aromatic carbocycles. The Balaban J connectivity index is 1.65. The fraction of sp³-hybridized carbons (Fsp3) is 0.733. The molecular formula is C15H23N5O3. The van der Waals surface area contributed by atoms with Gasteiger partial charge in [0.2, 0.25) is 11.8 Å². The number of hydrogen-bond acceptors (Lipinski definition) is 4. The molecule has 0 radical (unpaired) electrons. The molecule has 0 aliphatic carbocycles. The van der Waals surface area contributed by atoms with Crippen LogP contribution in [0.1, 0.15) is 32.0 Å². The van der Waals surface area contributed by atoms with Crippen LogP contribution < -0.4 is 5.69 Å². The summed E-state index contributed by atoms with van der Waals surface area (Å²) in [5.74, 6) is 0.719. The summed E-state index contributed by atoms with van der Waals surface area (Å²) >= 11 is 0. The number of carbonyl (C=O) groups excluding carboxylic acids is 2. The van der Waals surface area contributed by atoms with Crippen molar-refractivity contribution in [3.63, 3.8) is 0 Å². The Hall–Kier alpha value is -2.12. The molecular weight excluding hydrogens is 298 g/mol. The van der Waals surface area contributed by atoms with Crippen molar-refractivity contribution < 1.29 is 9.59 Å². The molecule has 0 atom stereocenters. The van der Waals surface area contributed by atoms with Crippen LogP contribution in [0.4, 0.5) is 0 Å². The number of nitrogens with zero attached hydrogens (tertiary/aromatic N) is 5. The molecule has 0 saturated carbocycles. The summed E-state index contributed by atoms with van der Waals surface area (Å²) in [4.78, 5) is 39.5. The van der Waals surface area contributed by atoms with Crippen LogP contribution in [0.25, 0.3) is 0 Å². The van der Waals surface area contributed by atoms with E-state index < -0.39 is 0 Å². The van der Waals surface area contributed by atoms with Crippen LogP contribution in [0, 0.1) is 0 Å². The molecule has 1 saturated heterocycles. The van der Waals surface area contributed by atoms with Crippen molar-refractivity contribution in [2.24, 2.45) is 0 Å². The van der Waals surface area contributed by atoms with Crippen molar-refractivity contribution in [1.82, 2.24) is 24.1 Å². The second-order valence-corrected chi connectivity index (χ2v) is 6.21. The summed E-state index contributed by atoms with van der Waals surface area (Å²) in [6.45, 7) is 4.35. The van der Waals surface area contributed by atoms with Crippen LogP contribution in [-0.4, -0.2) is 62.1 Å². The van der Waals surface area contributed by atoms with Gasteiger partial charge >= 0.3 is 5.69 Å². The monoisotopic (exact) mass is 321 g/mol. The number of hydrogen-bond donors (Lipinski definition) is 0. The van der Waals surface area contributed by atoms with E-state index >= 15 is 0 Å². The zero-order chi connectivity index (χ0) is 16.4. The van der Waals surface area contributed by atoms with Crippen molar-refractivity contribution in [2.45, 2.75) is 45.7 Å². The molecule has 0 N–H and O–H groups in total. The largest absolute Gasteiger partial charge is 0.346 e. The van der Waals surface area contributed by atoms with Gasteiger partial charge in [0.15, 0.2) is 0 Å². The van der Waals surface area contributed by atoms with E-state index in [1.807, 2.05) is 0 Å². The number of piperazine rings is 1. The Bertz CT molecular complexity index is 655. The van der Waals surface area contributed by atoms with Crippen LogP contribution in [0.15, 0.2) is 4.79 Å². The van der Waals surface area contributed by atoms with Gasteiger partial charge in [-0.3, -0.25) is 14.2 Å². The number of rotatable bonds is 2. The molecule has 0 unspecified atom stereocenters. The SMILES string of the molecule is CC(=O)N1CCN(C(=O)Cn2nc3n(c2=O)CCCCC3)CC1. The first kappa shape index (κ1) is 15.8. The minimum Gasteiger partial charge on any atom is -0.339 e. The Morgan fingerprint density at radius 2 is 1.70 bits per heavy atom. The van der Waals surface area contributed by atoms with Gasteiger partial charge in [0.25, 0.3) is 0 Å². The van der Waals surface area contributed by atoms with Crippen molar-refractivity contribution >= 4 is 11.8 Å². The zero-order valence-electron chi connectivity index (χ0n) is 13.5. The van der Waals surface area contributed by atoms with Gasteiger partial charge in [-0.05, 0) is 12.8 Å². The van der Waals surface area contributed by atoms with Crippen LogP contribution in [-0.2, 0) is 29.1 Å². The van der Waals surface area contributed by atoms with E-state index in [4.69, 9.17) is 0 Å². The van der Waals surface area contributed by atoms with Gasteiger partial charge in [0.1, 0.15) is 12.4 Å². The zero-order valence-corrected chi connectivity index (χ0v) is 13.5. The Labute approximate surface area is 134 Å². The lowest BCUT2D eigenvalue weighted by atomic mass is 10.2. The number of amides is 2. The molecule has 126 valence electrons. The summed E-state index contributed by atoms with van der Waals surface area (Å²) in [7, 11) is 0. The second kappa shape index (κ2) is 6.55. The number of aromatic nitrogens is 3. The molecule has 8 nitrogen and oxygen atoms in total. The van der Waals surface area contributed by atoms with E-state index in [-0.39, 0.29) is 24.0 Å². The molecule has 2 amide bonds. The van der Waals surface area contributed by atoms with Gasteiger partial charge in [-0.15, -0.1) is 0 Å². The lowest BCUT2D eigenvalue weighted by Gasteiger charge is -2.34. The summed E-state index contributed by atoms with van der Waals surface area (Å²) < 4.78 is 2.99. The van der Waals surface area contributed by atoms with Crippen LogP contribution in [0.5, 0.6) is 0 Å². The first-order valence-corrected chi connectivity index (χ1v) is 8.26. The Morgan fingerprint density at radius 1 is 1.00 bits per heavy atom. The lowest BCUT2D eigenvalue weighted by Crippen LogP contribution is -2.51. The molecule has 0 spiro atoms. The average Bonchev–Trinajstić information content (AvgIpc) is 2.72. The fourth-order valence-electron chi connectivity index (χ4n) is 3.23. The summed E-state index contributed by atoms with van der Waals surface area (Å²) in [5, 5.41) is 4.34. The van der Waals surface area contributed by atoms with Gasteiger partial charge < -0.3 is 9.80 Å². The first-order valence-electron chi connectivity index (χ1n) is 8.26. The van der Waals surface area contributed by atoms with Gasteiger partial charge in [-0.1, -0.05) is 6.42 Å². The minimum absolute atomic E-state index is 0.0150. The van der Waals surface area contributed by atoms with E-state index in [2.05, 4.69) is 5.10 Å². The van der Waals surface area contributed by atoms with Crippen LogP contribution >= 0.6 is 0 Å². The highest BCUT2D eigenvalue weighted by Gasteiger charge is 2.24. The molecule has 0 bridgehead atoms. The van der Waals surface area contributed by atoms with Crippen LogP contribution in [0.2, 0.25) is 0 Å². The van der Waals surface area contributed by atoms with Crippen molar-refractivity contribution in [3.8, 4) is 0 Å². The number of fused-ring (bicyclic) bond motifs is 1. The average molecular weight is 321 g/mol. The smallest absolute Gasteiger partial charge is 0.339 e. The molecule has 23 heavy (non-hydrogen) atoms. The highest BCUT2D eigenvalue weighted by molar-refractivity contribution is 5.77. The van der Waals surface area contributed by atoms with E-state index in [1.54, 1.807) is 14.4 Å². The van der Waals surface area contributed by atoms with Crippen molar-refractivity contribution in [1.29, 1.82) is 0 Å². The van der Waals surface area contributed by atoms with Gasteiger partial charge in [0, 0.05) is 46.1 Å². The number of aryl methyl sites for hydroxylation is 1. The Kier molecular flexibility index (Phi) is 4.49. The van der Waals surface area contributed by atoms with Crippen LogP contribution in [0.3, 0.4) is 0 Å². The Morgan fingerprint density at radius 3 is 2.39 bits per heavy atom. The maximum atomic E-state index is 12.4. The molecule has 1 fully saturated rings. The normalized spacial score (nSPS) is 18.5. The van der Waals surface area contributed by atoms with Gasteiger partial charge in [-0.2, -0.15) is 5.10 Å². The standard InChI is InChI=1S/C15H23N5O3/c1-12(21)17-7-9-18(10-8-17)14(22)11-20-15(23)19-6-4-2-3-5-13(19)16-20/h2-11H2,1H3. The predicted molar refractivity (Wildman–Crippen MR) is 82.9 cm³/mol. The predicted octanol–water partition coefficient (Wildman–Crippen LogP) is -0.538. The highest BCUT2D eigenvalue weighted by Crippen LogP contribution is 2.10. The van der Waals surface area contributed by atoms with E-state index in [0.29, 0.717) is 32.7 Å². The summed E-state index contributed by atoms with van der Waals surface area (Å²) in [6, 6.07) is 0. The third-order valence-corrected chi connectivity index (χ3v) is 4.64. The fourth-order valence-corrected chi connectivity index (χ4v) is 3.23. The molecule has 3 heterocycles. The molecule has 1 aromatic heterocycles. The molecule has 2 aliphatic heterocycles. The van der Waals surface area contributed by atoms with Gasteiger partial charge in [0.05, 0.1) is 0 Å². The third-order valence-electron chi connectivity index (χ3n) is 4.64. The third kappa shape index (κ3) is 3.30. The first-order chi connectivity index (χ1) is 11.1. The topological polar surface area (TPSA) is 80.4 Å². The molecule has 1 aromatic rings. The van der Waals surface area contributed by atoms with E-state index in [9.17, 15) is 14.4 Å².